The van der Waals surface area contributed by atoms with Gasteiger partial charge >= 0.3 is 0 Å². The van der Waals surface area contributed by atoms with E-state index in [1.165, 1.54) is 20.2 Å². The number of nitrogens with zero attached hydrogens (tertiary/aromatic N) is 6. The van der Waals surface area contributed by atoms with Crippen molar-refractivity contribution in [3.05, 3.63) is 109 Å². The zero-order valence-corrected chi connectivity index (χ0v) is 21.8. The van der Waals surface area contributed by atoms with Crippen LogP contribution in [0.15, 0.2) is 109 Å². The van der Waals surface area contributed by atoms with E-state index in [9.17, 15) is 0 Å². The van der Waals surface area contributed by atoms with Gasteiger partial charge in [0.25, 0.3) is 0 Å². The molecule has 4 aromatic heterocycles. The van der Waals surface area contributed by atoms with Gasteiger partial charge in [-0.2, -0.15) is 0 Å². The van der Waals surface area contributed by atoms with Gasteiger partial charge < -0.3 is 4.57 Å². The smallest absolute Gasteiger partial charge is 0.220 e. The van der Waals surface area contributed by atoms with Gasteiger partial charge in [0.05, 0.1) is 16.6 Å². The van der Waals surface area contributed by atoms with E-state index in [1.807, 2.05) is 36.5 Å². The average molecular weight is 531 g/mol. The molecule has 0 spiro atoms. The molecule has 0 N–H and O–H groups in total. The summed E-state index contributed by atoms with van der Waals surface area (Å²) in [4.78, 5) is 14.6. The van der Waals surface area contributed by atoms with Gasteiger partial charge in [-0.1, -0.05) is 72.8 Å². The van der Waals surface area contributed by atoms with E-state index in [0.29, 0.717) is 11.6 Å². The number of fused-ring (bicyclic) bond motifs is 11. The van der Waals surface area contributed by atoms with E-state index in [0.717, 1.165) is 49.4 Å². The average Bonchev–Trinajstić information content (AvgIpc) is 3.58. The minimum absolute atomic E-state index is 0.406. The van der Waals surface area contributed by atoms with Crippen LogP contribution >= 0.6 is 11.3 Å². The Morgan fingerprint density at radius 3 is 2.30 bits per heavy atom. The van der Waals surface area contributed by atoms with E-state index < -0.39 is 0 Å². The lowest BCUT2D eigenvalue weighted by Gasteiger charge is -2.10. The number of rotatable bonds is 2. The van der Waals surface area contributed by atoms with Crippen molar-refractivity contribution in [1.29, 1.82) is 0 Å². The van der Waals surface area contributed by atoms with Crippen LogP contribution in [-0.2, 0) is 0 Å². The Bertz CT molecular complexity index is 2440. The first-order valence-corrected chi connectivity index (χ1v) is 13.9. The van der Waals surface area contributed by atoms with Crippen molar-refractivity contribution >= 4 is 75.3 Å². The van der Waals surface area contributed by atoms with E-state index in [4.69, 9.17) is 15.1 Å². The van der Waals surface area contributed by atoms with Gasteiger partial charge in [-0.15, -0.1) is 21.5 Å². The molecular weight excluding hydrogens is 512 g/mol. The third-order valence-corrected chi connectivity index (χ3v) is 8.74. The second-order valence-electron chi connectivity index (χ2n) is 9.80. The van der Waals surface area contributed by atoms with Crippen molar-refractivity contribution in [2.24, 2.45) is 0 Å². The molecule has 7 heteroatoms. The molecular formula is C33H18N6S. The molecule has 0 saturated heterocycles. The summed E-state index contributed by atoms with van der Waals surface area (Å²) in [6, 6.07) is 35.4. The second kappa shape index (κ2) is 8.11. The highest BCUT2D eigenvalue weighted by molar-refractivity contribution is 7.27. The predicted molar refractivity (Wildman–Crippen MR) is 163 cm³/mol. The number of aromatic nitrogens is 6. The molecule has 186 valence electrons. The number of thiophene rings is 1. The Morgan fingerprint density at radius 1 is 0.600 bits per heavy atom. The van der Waals surface area contributed by atoms with Gasteiger partial charge in [-0.05, 0) is 30.3 Å². The van der Waals surface area contributed by atoms with Crippen LogP contribution in [0.4, 0.5) is 0 Å². The van der Waals surface area contributed by atoms with Crippen LogP contribution in [0, 0.1) is 0 Å². The molecule has 0 radical (unpaired) electrons. The van der Waals surface area contributed by atoms with Crippen LogP contribution in [0.1, 0.15) is 0 Å². The van der Waals surface area contributed by atoms with Crippen molar-refractivity contribution in [2.75, 3.05) is 0 Å². The van der Waals surface area contributed by atoms with Crippen molar-refractivity contribution in [3.8, 4) is 17.3 Å². The van der Waals surface area contributed by atoms with E-state index in [-0.39, 0.29) is 0 Å². The minimum atomic E-state index is 0.406. The van der Waals surface area contributed by atoms with Gasteiger partial charge in [-0.3, -0.25) is 0 Å². The number of benzene rings is 5. The molecule has 4 heterocycles. The lowest BCUT2D eigenvalue weighted by molar-refractivity contribution is 1.01. The quantitative estimate of drug-likeness (QED) is 0.226. The molecule has 0 unspecified atom stereocenters. The topological polar surface area (TPSA) is 69.4 Å². The van der Waals surface area contributed by atoms with Gasteiger partial charge in [0, 0.05) is 48.2 Å². The zero-order valence-electron chi connectivity index (χ0n) is 21.0. The Kier molecular flexibility index (Phi) is 4.39. The molecule has 5 aromatic carbocycles. The first-order valence-electron chi connectivity index (χ1n) is 13.0. The highest BCUT2D eigenvalue weighted by atomic mass is 32.1. The van der Waals surface area contributed by atoms with Crippen LogP contribution in [0.5, 0.6) is 0 Å². The Labute approximate surface area is 231 Å². The summed E-state index contributed by atoms with van der Waals surface area (Å²) >= 11 is 1.80. The third-order valence-electron chi connectivity index (χ3n) is 7.55. The number of hydrogen-bond donors (Lipinski definition) is 0. The molecule has 9 aromatic rings. The van der Waals surface area contributed by atoms with Gasteiger partial charge in [0.2, 0.25) is 5.82 Å². The summed E-state index contributed by atoms with van der Waals surface area (Å²) < 4.78 is 4.71. The van der Waals surface area contributed by atoms with E-state index in [1.54, 1.807) is 11.3 Å². The monoisotopic (exact) mass is 530 g/mol. The van der Waals surface area contributed by atoms with E-state index in [2.05, 4.69) is 87.4 Å². The number of hydrogen-bond acceptors (Lipinski definition) is 6. The summed E-state index contributed by atoms with van der Waals surface area (Å²) in [6.45, 7) is 0. The van der Waals surface area contributed by atoms with Crippen LogP contribution in [0.2, 0.25) is 0 Å². The van der Waals surface area contributed by atoms with E-state index >= 15 is 0 Å². The molecule has 0 amide bonds. The highest BCUT2D eigenvalue weighted by Gasteiger charge is 2.24. The zero-order chi connectivity index (χ0) is 26.2. The first-order chi connectivity index (χ1) is 19.8. The molecule has 0 bridgehead atoms. The maximum absolute atomic E-state index is 5.18. The normalized spacial score (nSPS) is 12.0. The van der Waals surface area contributed by atoms with Crippen molar-refractivity contribution in [3.63, 3.8) is 0 Å². The van der Waals surface area contributed by atoms with Crippen molar-refractivity contribution in [2.45, 2.75) is 0 Å². The summed E-state index contributed by atoms with van der Waals surface area (Å²) in [5.74, 6) is 0.863. The summed E-state index contributed by atoms with van der Waals surface area (Å²) in [6.07, 6.45) is 1.82. The maximum Gasteiger partial charge on any atom is 0.220 e. The third kappa shape index (κ3) is 2.95. The Hall–Kier alpha value is -5.27. The fourth-order valence-corrected chi connectivity index (χ4v) is 7.09. The Morgan fingerprint density at radius 2 is 1.38 bits per heavy atom. The summed E-state index contributed by atoms with van der Waals surface area (Å²) in [7, 11) is 0. The highest BCUT2D eigenvalue weighted by Crippen LogP contribution is 2.47. The molecule has 0 aliphatic heterocycles. The fraction of sp³-hybridized carbons (Fsp3) is 0. The molecule has 0 fully saturated rings. The van der Waals surface area contributed by atoms with Crippen LogP contribution in [-0.4, -0.2) is 29.7 Å². The standard InChI is InChI=1S/C33H18N6S/c1-2-11-20(12-3-1)39-24-16-8-5-13-21(24)27-30(39)29-28(26-22-14-6-9-17-25(22)40-31(26)27)37-38-33(36-29)32-34-18-19-10-4-7-15-23(19)35-32/h1-18H. The van der Waals surface area contributed by atoms with Crippen molar-refractivity contribution < 1.29 is 0 Å². The summed E-state index contributed by atoms with van der Waals surface area (Å²) in [5, 5.41) is 15.0. The fourth-order valence-electron chi connectivity index (χ4n) is 5.83. The molecule has 9 rings (SSSR count). The van der Waals surface area contributed by atoms with Gasteiger partial charge in [0.1, 0.15) is 11.0 Å². The molecule has 6 nitrogen and oxygen atoms in total. The van der Waals surface area contributed by atoms with Crippen LogP contribution in [0.25, 0.3) is 81.3 Å². The molecule has 0 aliphatic carbocycles. The lowest BCUT2D eigenvalue weighted by Crippen LogP contribution is -2.01. The molecule has 0 saturated carbocycles. The van der Waals surface area contributed by atoms with Crippen LogP contribution in [0.3, 0.4) is 0 Å². The largest absolute Gasteiger partial charge is 0.307 e. The van der Waals surface area contributed by atoms with Crippen LogP contribution < -0.4 is 0 Å². The first kappa shape index (κ1) is 21.6. The Balaban J connectivity index is 1.51. The van der Waals surface area contributed by atoms with Crippen molar-refractivity contribution in [1.82, 2.24) is 29.7 Å². The predicted octanol–water partition coefficient (Wildman–Crippen LogP) is 8.10. The van der Waals surface area contributed by atoms with Gasteiger partial charge in [-0.25, -0.2) is 15.0 Å². The molecule has 40 heavy (non-hydrogen) atoms. The molecule has 0 aliphatic rings. The molecule has 0 atom stereocenters. The minimum Gasteiger partial charge on any atom is -0.307 e. The van der Waals surface area contributed by atoms with Gasteiger partial charge in [0.15, 0.2) is 5.82 Å². The maximum atomic E-state index is 5.18. The second-order valence-corrected chi connectivity index (χ2v) is 10.9. The SMILES string of the molecule is c1ccc(-n2c3ccccc3c3c4sc5ccccc5c4c4nnc(-c5ncc6ccccc6n5)nc4c32)cc1. The lowest BCUT2D eigenvalue weighted by atomic mass is 10.1. The number of para-hydroxylation sites is 3. The summed E-state index contributed by atoms with van der Waals surface area (Å²) in [5.41, 5.74) is 5.62.